The van der Waals surface area contributed by atoms with Crippen molar-refractivity contribution in [1.82, 2.24) is 14.9 Å². The van der Waals surface area contributed by atoms with E-state index in [0.29, 0.717) is 74.7 Å². The van der Waals surface area contributed by atoms with E-state index in [2.05, 4.69) is 26.7 Å². The second kappa shape index (κ2) is 12.4. The SMILES string of the molecule is COC1CCOCC1Nc1cc(NC(=O)N2CCCc3cc(CN4CCOCC4=O)c(C=O)nc32)ncc1C#N. The van der Waals surface area contributed by atoms with Crippen LogP contribution in [0.4, 0.5) is 22.1 Å². The Morgan fingerprint density at radius 1 is 1.30 bits per heavy atom. The Morgan fingerprint density at radius 2 is 2.17 bits per heavy atom. The number of rotatable bonds is 7. The first-order valence-electron chi connectivity index (χ1n) is 13.2. The first-order chi connectivity index (χ1) is 19.5. The van der Waals surface area contributed by atoms with Crippen LogP contribution in [0.2, 0.25) is 0 Å². The Labute approximate surface area is 231 Å². The van der Waals surface area contributed by atoms with Crippen LogP contribution in [0.5, 0.6) is 0 Å². The first kappa shape index (κ1) is 27.4. The summed E-state index contributed by atoms with van der Waals surface area (Å²) in [7, 11) is 1.64. The highest BCUT2D eigenvalue weighted by molar-refractivity contribution is 6.02. The fourth-order valence-electron chi connectivity index (χ4n) is 5.15. The van der Waals surface area contributed by atoms with Crippen LogP contribution in [0.3, 0.4) is 0 Å². The summed E-state index contributed by atoms with van der Waals surface area (Å²) in [4.78, 5) is 49.4. The minimum Gasteiger partial charge on any atom is -0.379 e. The molecule has 0 bridgehead atoms. The molecule has 2 atom stereocenters. The van der Waals surface area contributed by atoms with Gasteiger partial charge in [0.15, 0.2) is 6.29 Å². The van der Waals surface area contributed by atoms with Gasteiger partial charge in [-0.3, -0.25) is 19.8 Å². The molecule has 2 unspecified atom stereocenters. The van der Waals surface area contributed by atoms with E-state index in [0.717, 1.165) is 12.0 Å². The quantitative estimate of drug-likeness (QED) is 0.487. The van der Waals surface area contributed by atoms with Crippen LogP contribution in [-0.4, -0.2) is 91.9 Å². The van der Waals surface area contributed by atoms with Crippen LogP contribution < -0.4 is 15.5 Å². The predicted octanol–water partition coefficient (Wildman–Crippen LogP) is 1.72. The molecular weight excluding hydrogens is 518 g/mol. The van der Waals surface area contributed by atoms with Crippen LogP contribution in [0.1, 0.15) is 40.0 Å². The van der Waals surface area contributed by atoms with Gasteiger partial charge in [0.25, 0.3) is 0 Å². The van der Waals surface area contributed by atoms with E-state index in [-0.39, 0.29) is 42.7 Å². The molecule has 2 fully saturated rings. The molecule has 2 N–H and O–H groups in total. The molecule has 13 heteroatoms. The number of hydrogen-bond donors (Lipinski definition) is 2. The van der Waals surface area contributed by atoms with Crippen molar-refractivity contribution in [3.05, 3.63) is 40.7 Å². The van der Waals surface area contributed by atoms with Crippen molar-refractivity contribution in [3.8, 4) is 6.07 Å². The van der Waals surface area contributed by atoms with E-state index in [4.69, 9.17) is 14.2 Å². The summed E-state index contributed by atoms with van der Waals surface area (Å²) in [6.07, 6.45) is 4.07. The zero-order chi connectivity index (χ0) is 28.1. The third kappa shape index (κ3) is 5.89. The average molecular weight is 550 g/mol. The third-order valence-electron chi connectivity index (χ3n) is 7.27. The fraction of sp³-hybridized carbons (Fsp3) is 0.481. The van der Waals surface area contributed by atoms with Crippen molar-refractivity contribution in [1.29, 1.82) is 5.26 Å². The van der Waals surface area contributed by atoms with Gasteiger partial charge in [-0.25, -0.2) is 14.8 Å². The smallest absolute Gasteiger partial charge is 0.328 e. The number of morpholine rings is 1. The lowest BCUT2D eigenvalue weighted by molar-refractivity contribution is -0.143. The molecule has 0 radical (unpaired) electrons. The van der Waals surface area contributed by atoms with Crippen LogP contribution in [-0.2, 0) is 32.0 Å². The van der Waals surface area contributed by atoms with E-state index >= 15 is 0 Å². The van der Waals surface area contributed by atoms with Gasteiger partial charge < -0.3 is 24.4 Å². The molecule has 3 aliphatic heterocycles. The predicted molar refractivity (Wildman–Crippen MR) is 143 cm³/mol. The highest BCUT2D eigenvalue weighted by atomic mass is 16.5. The number of carbonyl (C=O) groups excluding carboxylic acids is 3. The zero-order valence-corrected chi connectivity index (χ0v) is 22.2. The summed E-state index contributed by atoms with van der Waals surface area (Å²) < 4.78 is 16.3. The molecule has 0 aliphatic carbocycles. The van der Waals surface area contributed by atoms with Gasteiger partial charge in [-0.15, -0.1) is 0 Å². The number of nitriles is 1. The van der Waals surface area contributed by atoms with Crippen LogP contribution in [0.25, 0.3) is 0 Å². The van der Waals surface area contributed by atoms with Gasteiger partial charge in [-0.2, -0.15) is 5.26 Å². The van der Waals surface area contributed by atoms with E-state index in [1.165, 1.54) is 11.1 Å². The molecule has 40 heavy (non-hydrogen) atoms. The monoisotopic (exact) mass is 549 g/mol. The van der Waals surface area contributed by atoms with Crippen LogP contribution in [0.15, 0.2) is 18.3 Å². The Bertz CT molecular complexity index is 1330. The molecule has 5 rings (SSSR count). The lowest BCUT2D eigenvalue weighted by Crippen LogP contribution is -2.43. The van der Waals surface area contributed by atoms with Crippen LogP contribution >= 0.6 is 0 Å². The fourth-order valence-corrected chi connectivity index (χ4v) is 5.15. The molecular formula is C27H31N7O6. The number of anilines is 3. The molecule has 3 aliphatic rings. The molecule has 0 saturated carbocycles. The number of carbonyl (C=O) groups is 3. The standard InChI is InChI=1S/C27H31N7O6/c1-38-23-4-7-39-15-22(23)30-20-10-24(29-12-19(20)11-28)32-27(37)34-5-2-3-17-9-18(21(14-35)31-26(17)34)13-33-6-8-40-16-25(33)36/h9-10,12,14,22-23H,2-8,13,15-16H2,1H3,(H2,29,30,32,37). The van der Waals surface area contributed by atoms with E-state index < -0.39 is 6.03 Å². The number of amides is 3. The number of aldehydes is 1. The maximum atomic E-state index is 13.4. The normalized spacial score (nSPS) is 20.9. The van der Waals surface area contributed by atoms with Gasteiger partial charge in [-0.1, -0.05) is 0 Å². The zero-order valence-electron chi connectivity index (χ0n) is 22.2. The van der Waals surface area contributed by atoms with Crippen molar-refractivity contribution in [2.75, 3.05) is 62.2 Å². The van der Waals surface area contributed by atoms with E-state index in [9.17, 15) is 19.6 Å². The first-order valence-corrected chi connectivity index (χ1v) is 13.2. The third-order valence-corrected chi connectivity index (χ3v) is 7.27. The number of ether oxygens (including phenoxy) is 3. The maximum absolute atomic E-state index is 13.4. The maximum Gasteiger partial charge on any atom is 0.328 e. The molecule has 0 spiro atoms. The van der Waals surface area contributed by atoms with E-state index in [1.54, 1.807) is 18.1 Å². The van der Waals surface area contributed by atoms with Gasteiger partial charge in [0, 0.05) is 51.2 Å². The number of hydrogen-bond acceptors (Lipinski definition) is 10. The number of aryl methyl sites for hydroxylation is 1. The van der Waals surface area contributed by atoms with Crippen molar-refractivity contribution >= 4 is 35.5 Å². The number of methoxy groups -OCH3 is 1. The van der Waals surface area contributed by atoms with E-state index in [1.807, 2.05) is 6.07 Å². The highest BCUT2D eigenvalue weighted by Gasteiger charge is 2.29. The molecule has 3 amide bonds. The topological polar surface area (TPSA) is 159 Å². The number of nitrogens with one attached hydrogen (secondary N) is 2. The number of nitrogens with zero attached hydrogens (tertiary/aromatic N) is 5. The average Bonchev–Trinajstić information content (AvgIpc) is 2.98. The summed E-state index contributed by atoms with van der Waals surface area (Å²) in [5.41, 5.74) is 2.47. The molecule has 2 aromatic rings. The lowest BCUT2D eigenvalue weighted by atomic mass is 10.0. The van der Waals surface area contributed by atoms with Crippen molar-refractivity contribution < 1.29 is 28.6 Å². The number of fused-ring (bicyclic) bond motifs is 1. The lowest BCUT2D eigenvalue weighted by Gasteiger charge is -2.32. The summed E-state index contributed by atoms with van der Waals surface area (Å²) >= 11 is 0. The minimum atomic E-state index is -0.458. The summed E-state index contributed by atoms with van der Waals surface area (Å²) in [6, 6.07) is 4.96. The molecule has 210 valence electrons. The second-order valence-electron chi connectivity index (χ2n) is 9.80. The largest absolute Gasteiger partial charge is 0.379 e. The summed E-state index contributed by atoms with van der Waals surface area (Å²) in [6.45, 7) is 2.58. The number of aromatic nitrogens is 2. The van der Waals surface area contributed by atoms with Gasteiger partial charge >= 0.3 is 6.03 Å². The van der Waals surface area contributed by atoms with Crippen molar-refractivity contribution in [2.45, 2.75) is 38.0 Å². The molecule has 5 heterocycles. The van der Waals surface area contributed by atoms with Gasteiger partial charge in [0.05, 0.1) is 36.6 Å². The molecule has 0 aromatic carbocycles. The van der Waals surface area contributed by atoms with Gasteiger partial charge in [0.2, 0.25) is 5.91 Å². The Balaban J connectivity index is 1.34. The number of urea groups is 1. The minimum absolute atomic E-state index is 0.0186. The van der Waals surface area contributed by atoms with Crippen LogP contribution in [0, 0.1) is 11.3 Å². The molecule has 13 nitrogen and oxygen atoms in total. The summed E-state index contributed by atoms with van der Waals surface area (Å²) in [5, 5.41) is 15.7. The Kier molecular flexibility index (Phi) is 8.49. The second-order valence-corrected chi connectivity index (χ2v) is 9.80. The van der Waals surface area contributed by atoms with Gasteiger partial charge in [-0.05, 0) is 30.9 Å². The molecule has 2 aromatic heterocycles. The number of pyridine rings is 2. The Morgan fingerprint density at radius 3 is 2.95 bits per heavy atom. The Hall–Kier alpha value is -4.12. The molecule has 2 saturated heterocycles. The van der Waals surface area contributed by atoms with Gasteiger partial charge in [0.1, 0.15) is 30.0 Å². The van der Waals surface area contributed by atoms with Crippen molar-refractivity contribution in [3.63, 3.8) is 0 Å². The highest BCUT2D eigenvalue weighted by Crippen LogP contribution is 2.29. The van der Waals surface area contributed by atoms with Crippen molar-refractivity contribution in [2.24, 2.45) is 0 Å². The summed E-state index contributed by atoms with van der Waals surface area (Å²) in [5.74, 6) is 0.513.